The Kier molecular flexibility index (Phi) is 6.64. The number of carbonyl (C=O) groups is 1. The fraction of sp³-hybridized carbons (Fsp3) is 0.333. The van der Waals surface area contributed by atoms with Crippen LogP contribution in [0.1, 0.15) is 19.3 Å². The molecule has 0 unspecified atom stereocenters. The summed E-state index contributed by atoms with van der Waals surface area (Å²) in [7, 11) is -3.58. The Morgan fingerprint density at radius 2 is 1.88 bits per heavy atom. The number of benzene rings is 2. The average Bonchev–Trinajstić information content (AvgIpc) is 3.15. The molecular weight excluding hydrogens is 482 g/mol. The maximum atomic E-state index is 13.8. The number of ether oxygens (including phenoxy) is 1. The van der Waals surface area contributed by atoms with Crippen molar-refractivity contribution in [2.45, 2.75) is 30.3 Å². The van der Waals surface area contributed by atoms with Gasteiger partial charge in [-0.05, 0) is 30.3 Å². The molecule has 0 saturated carbocycles. The lowest BCUT2D eigenvalue weighted by Gasteiger charge is -2.31. The molecule has 0 aliphatic carbocycles. The van der Waals surface area contributed by atoms with Crippen molar-refractivity contribution in [1.29, 1.82) is 0 Å². The first-order valence-electron chi connectivity index (χ1n) is 9.89. The lowest BCUT2D eigenvalue weighted by Crippen LogP contribution is -2.42. The van der Waals surface area contributed by atoms with E-state index in [-0.39, 0.29) is 39.8 Å². The zero-order valence-corrected chi connectivity index (χ0v) is 19.2. The summed E-state index contributed by atoms with van der Waals surface area (Å²) in [6.45, 7) is 0.830. The van der Waals surface area contributed by atoms with E-state index >= 15 is 0 Å². The number of nitrogens with zero attached hydrogens (tertiary/aromatic N) is 2. The van der Waals surface area contributed by atoms with Crippen LogP contribution >= 0.6 is 22.9 Å². The summed E-state index contributed by atoms with van der Waals surface area (Å²) in [4.78, 5) is 18.3. The first-order valence-corrected chi connectivity index (χ1v) is 12.7. The van der Waals surface area contributed by atoms with Crippen molar-refractivity contribution in [2.24, 2.45) is 0 Å². The van der Waals surface area contributed by atoms with Gasteiger partial charge in [-0.3, -0.25) is 4.79 Å². The quantitative estimate of drug-likeness (QED) is 0.499. The molecule has 6 nitrogen and oxygen atoms in total. The van der Waals surface area contributed by atoms with E-state index in [1.165, 1.54) is 30.3 Å². The third kappa shape index (κ3) is 5.19. The van der Waals surface area contributed by atoms with Gasteiger partial charge in [0.2, 0.25) is 5.91 Å². The van der Waals surface area contributed by atoms with E-state index in [4.69, 9.17) is 16.3 Å². The van der Waals surface area contributed by atoms with Crippen LogP contribution in [0.15, 0.2) is 41.3 Å². The van der Waals surface area contributed by atoms with Crippen molar-refractivity contribution in [1.82, 2.24) is 9.88 Å². The van der Waals surface area contributed by atoms with Crippen LogP contribution in [0.2, 0.25) is 5.02 Å². The Labute approximate surface area is 192 Å². The smallest absolute Gasteiger partial charge is 0.274 e. The lowest BCUT2D eigenvalue weighted by molar-refractivity contribution is -0.132. The highest BCUT2D eigenvalue weighted by molar-refractivity contribution is 7.91. The topological polar surface area (TPSA) is 76.6 Å². The highest BCUT2D eigenvalue weighted by atomic mass is 35.5. The molecule has 0 atom stereocenters. The van der Waals surface area contributed by atoms with Crippen LogP contribution < -0.4 is 4.74 Å². The number of hydrogen-bond donors (Lipinski definition) is 0. The molecule has 11 heteroatoms. The second kappa shape index (κ2) is 9.29. The molecule has 4 rings (SSSR count). The van der Waals surface area contributed by atoms with Crippen LogP contribution in [0.4, 0.5) is 8.78 Å². The Morgan fingerprint density at radius 3 is 2.56 bits per heavy atom. The van der Waals surface area contributed by atoms with E-state index in [1.54, 1.807) is 4.90 Å². The van der Waals surface area contributed by atoms with Crippen LogP contribution in [0.3, 0.4) is 0 Å². The molecule has 0 radical (unpaired) electrons. The van der Waals surface area contributed by atoms with Crippen LogP contribution in [-0.4, -0.2) is 49.2 Å². The van der Waals surface area contributed by atoms with Crippen molar-refractivity contribution < 1.29 is 26.7 Å². The zero-order chi connectivity index (χ0) is 22.9. The summed E-state index contributed by atoms with van der Waals surface area (Å²) in [5, 5.41) is 0.691. The lowest BCUT2D eigenvalue weighted by atomic mass is 10.1. The maximum absolute atomic E-state index is 13.8. The molecule has 0 bridgehead atoms. The van der Waals surface area contributed by atoms with E-state index in [1.807, 2.05) is 0 Å². The number of fused-ring (bicyclic) bond motifs is 1. The molecule has 0 spiro atoms. The van der Waals surface area contributed by atoms with Gasteiger partial charge in [-0.1, -0.05) is 22.9 Å². The predicted molar refractivity (Wildman–Crippen MR) is 118 cm³/mol. The van der Waals surface area contributed by atoms with Gasteiger partial charge in [-0.2, -0.15) is 4.98 Å². The largest absolute Gasteiger partial charge is 0.467 e. The maximum Gasteiger partial charge on any atom is 0.274 e. The Bertz CT molecular complexity index is 1240. The average molecular weight is 501 g/mol. The summed E-state index contributed by atoms with van der Waals surface area (Å²) in [5.74, 6) is -1.92. The fourth-order valence-corrected chi connectivity index (χ4v) is 5.77. The molecule has 3 aromatic rings. The summed E-state index contributed by atoms with van der Waals surface area (Å²) >= 11 is 6.85. The summed E-state index contributed by atoms with van der Waals surface area (Å²) in [6.07, 6.45) is 0.731. The van der Waals surface area contributed by atoms with Crippen molar-refractivity contribution in [3.05, 3.63) is 53.1 Å². The summed E-state index contributed by atoms with van der Waals surface area (Å²) in [6, 6.07) is 7.83. The van der Waals surface area contributed by atoms with Crippen molar-refractivity contribution in [3.63, 3.8) is 0 Å². The highest BCUT2D eigenvalue weighted by Gasteiger charge is 2.26. The van der Waals surface area contributed by atoms with Crippen LogP contribution in [-0.2, 0) is 14.6 Å². The van der Waals surface area contributed by atoms with E-state index < -0.39 is 21.5 Å². The predicted octanol–water partition coefficient (Wildman–Crippen LogP) is 4.46. The third-order valence-corrected chi connectivity index (χ3v) is 8.09. The minimum Gasteiger partial charge on any atom is -0.467 e. The molecule has 2 heterocycles. The standard InChI is InChI=1S/C21H19ClF2N2O4S2/c22-13-1-3-16(4-2-13)32(28,29)10-7-19(27)26-8-5-15(6-9-26)30-21-25-20-17(24)11-14(23)12-18(20)31-21/h1-4,11-12,15H,5-10H2. The van der Waals surface area contributed by atoms with Crippen molar-refractivity contribution >= 4 is 48.9 Å². The molecular formula is C21H19ClF2N2O4S2. The van der Waals surface area contributed by atoms with Gasteiger partial charge in [0.1, 0.15) is 17.4 Å². The SMILES string of the molecule is O=C(CCS(=O)(=O)c1ccc(Cl)cc1)N1CCC(Oc2nc3c(F)cc(F)cc3s2)CC1. The molecule has 32 heavy (non-hydrogen) atoms. The molecule has 1 amide bonds. The van der Waals surface area contributed by atoms with Crippen LogP contribution in [0.25, 0.3) is 10.2 Å². The van der Waals surface area contributed by atoms with Gasteiger partial charge in [0.25, 0.3) is 5.19 Å². The number of thiazole rings is 1. The first-order chi connectivity index (χ1) is 15.2. The van der Waals surface area contributed by atoms with E-state index in [9.17, 15) is 22.0 Å². The summed E-state index contributed by atoms with van der Waals surface area (Å²) in [5.41, 5.74) is 0.0703. The van der Waals surface area contributed by atoms with Gasteiger partial charge >= 0.3 is 0 Å². The molecule has 170 valence electrons. The number of rotatable bonds is 6. The van der Waals surface area contributed by atoms with Gasteiger partial charge < -0.3 is 9.64 Å². The number of aromatic nitrogens is 1. The van der Waals surface area contributed by atoms with Crippen molar-refractivity contribution in [2.75, 3.05) is 18.8 Å². The van der Waals surface area contributed by atoms with Gasteiger partial charge in [0, 0.05) is 43.4 Å². The number of halogens is 3. The number of hydrogen-bond acceptors (Lipinski definition) is 6. The molecule has 1 saturated heterocycles. The van der Waals surface area contributed by atoms with E-state index in [0.717, 1.165) is 17.4 Å². The van der Waals surface area contributed by atoms with Crippen LogP contribution in [0.5, 0.6) is 5.19 Å². The fourth-order valence-electron chi connectivity index (χ4n) is 3.49. The normalized spacial score (nSPS) is 15.3. The molecule has 1 aromatic heterocycles. The second-order valence-electron chi connectivity index (χ2n) is 7.43. The Balaban J connectivity index is 1.29. The van der Waals surface area contributed by atoms with Gasteiger partial charge in [0.15, 0.2) is 15.7 Å². The monoisotopic (exact) mass is 500 g/mol. The molecule has 1 aliphatic rings. The zero-order valence-electron chi connectivity index (χ0n) is 16.8. The molecule has 0 N–H and O–H groups in total. The minimum atomic E-state index is -3.58. The van der Waals surface area contributed by atoms with E-state index in [2.05, 4.69) is 4.98 Å². The number of piperidine rings is 1. The first kappa shape index (κ1) is 22.9. The van der Waals surface area contributed by atoms with E-state index in [0.29, 0.717) is 35.7 Å². The number of sulfone groups is 1. The second-order valence-corrected chi connectivity index (χ2v) is 11.0. The van der Waals surface area contributed by atoms with Crippen molar-refractivity contribution in [3.8, 4) is 5.19 Å². The third-order valence-electron chi connectivity index (χ3n) is 5.21. The van der Waals surface area contributed by atoms with Crippen LogP contribution in [0, 0.1) is 11.6 Å². The highest BCUT2D eigenvalue weighted by Crippen LogP contribution is 2.32. The number of likely N-dealkylation sites (tertiary alicyclic amines) is 1. The molecule has 2 aromatic carbocycles. The molecule has 1 fully saturated rings. The minimum absolute atomic E-state index is 0.0703. The van der Waals surface area contributed by atoms with Gasteiger partial charge in [-0.15, -0.1) is 0 Å². The molecule has 1 aliphatic heterocycles. The Morgan fingerprint density at radius 1 is 1.19 bits per heavy atom. The van der Waals surface area contributed by atoms with Gasteiger partial charge in [-0.25, -0.2) is 17.2 Å². The van der Waals surface area contributed by atoms with Gasteiger partial charge in [0.05, 0.1) is 15.3 Å². The summed E-state index contributed by atoms with van der Waals surface area (Å²) < 4.78 is 58.2. The number of carbonyl (C=O) groups excluding carboxylic acids is 1. The Hall–Kier alpha value is -2.30. The number of amides is 1.